The molecule has 0 saturated carbocycles. The van der Waals surface area contributed by atoms with Crippen molar-refractivity contribution < 1.29 is 14.7 Å². The summed E-state index contributed by atoms with van der Waals surface area (Å²) in [6.45, 7) is 0. The van der Waals surface area contributed by atoms with E-state index < -0.39 is 11.5 Å². The number of rotatable bonds is 3. The van der Waals surface area contributed by atoms with E-state index in [1.807, 2.05) is 12.1 Å². The molecule has 3 rings (SSSR count). The zero-order chi connectivity index (χ0) is 14.2. The molecule has 1 saturated heterocycles. The maximum absolute atomic E-state index is 12.4. The van der Waals surface area contributed by atoms with Crippen LogP contribution in [-0.4, -0.2) is 39.0 Å². The van der Waals surface area contributed by atoms with E-state index in [4.69, 9.17) is 0 Å². The largest absolute Gasteiger partial charge is 0.479 e. The lowest BCUT2D eigenvalue weighted by atomic mass is 9.98. The number of hydrogen-bond acceptors (Lipinski definition) is 3. The van der Waals surface area contributed by atoms with Crippen molar-refractivity contribution in [3.8, 4) is 0 Å². The van der Waals surface area contributed by atoms with Crippen molar-refractivity contribution in [2.75, 3.05) is 11.5 Å². The lowest BCUT2D eigenvalue weighted by molar-refractivity contribution is -0.143. The van der Waals surface area contributed by atoms with E-state index in [9.17, 15) is 14.7 Å². The first kappa shape index (κ1) is 13.1. The zero-order valence-corrected chi connectivity index (χ0v) is 11.5. The van der Waals surface area contributed by atoms with Crippen molar-refractivity contribution in [3.05, 3.63) is 36.0 Å². The molecular formula is C14H14N2O3S. The van der Waals surface area contributed by atoms with Gasteiger partial charge in [0.15, 0.2) is 0 Å². The highest BCUT2D eigenvalue weighted by molar-refractivity contribution is 7.99. The van der Waals surface area contributed by atoms with Crippen LogP contribution >= 0.6 is 11.8 Å². The molecule has 0 unspecified atom stereocenters. The number of aliphatic carboxylic acids is 1. The van der Waals surface area contributed by atoms with Crippen LogP contribution in [0.5, 0.6) is 0 Å². The minimum atomic E-state index is -1.14. The maximum Gasteiger partial charge on any atom is 0.330 e. The van der Waals surface area contributed by atoms with Gasteiger partial charge in [0.05, 0.1) is 0 Å². The van der Waals surface area contributed by atoms with Gasteiger partial charge in [-0.15, -0.1) is 0 Å². The Morgan fingerprint density at radius 2 is 2.20 bits per heavy atom. The van der Waals surface area contributed by atoms with Gasteiger partial charge in [-0.05, 0) is 30.4 Å². The van der Waals surface area contributed by atoms with Crippen LogP contribution in [0.15, 0.2) is 30.5 Å². The smallest absolute Gasteiger partial charge is 0.330 e. The number of benzene rings is 1. The van der Waals surface area contributed by atoms with Crippen LogP contribution < -0.4 is 5.32 Å². The van der Waals surface area contributed by atoms with Crippen LogP contribution in [0.3, 0.4) is 0 Å². The third kappa shape index (κ3) is 2.06. The Labute approximate surface area is 119 Å². The monoisotopic (exact) mass is 290 g/mol. The number of carboxylic acids is 1. The second-order valence-corrected chi connectivity index (χ2v) is 5.99. The summed E-state index contributed by atoms with van der Waals surface area (Å²) in [4.78, 5) is 26.9. The molecule has 3 N–H and O–H groups in total. The van der Waals surface area contributed by atoms with Crippen LogP contribution in [0.25, 0.3) is 10.9 Å². The third-order valence-corrected chi connectivity index (χ3v) is 4.81. The number of carbonyl (C=O) groups excluding carboxylic acids is 1. The molecule has 104 valence electrons. The molecule has 0 bridgehead atoms. The fraction of sp³-hybridized carbons (Fsp3) is 0.286. The molecule has 5 nitrogen and oxygen atoms in total. The fourth-order valence-corrected chi connectivity index (χ4v) is 3.78. The van der Waals surface area contributed by atoms with Gasteiger partial charge in [-0.2, -0.15) is 11.8 Å². The van der Waals surface area contributed by atoms with Gasteiger partial charge >= 0.3 is 5.97 Å². The minimum absolute atomic E-state index is 0.333. The highest BCUT2D eigenvalue weighted by Crippen LogP contribution is 2.29. The highest BCUT2D eigenvalue weighted by Gasteiger charge is 2.43. The van der Waals surface area contributed by atoms with Gasteiger partial charge in [-0.1, -0.05) is 6.07 Å². The SMILES string of the molecule is O=C(N[C@]1(C(=O)O)CCSC1)c1cccc2[nH]ccc12. The Bertz CT molecular complexity index is 674. The summed E-state index contributed by atoms with van der Waals surface area (Å²) in [5, 5.41) is 12.9. The number of carboxylic acid groups (broad SMARTS) is 1. The van der Waals surface area contributed by atoms with Crippen LogP contribution in [-0.2, 0) is 4.79 Å². The summed E-state index contributed by atoms with van der Waals surface area (Å²) < 4.78 is 0. The molecule has 1 amide bonds. The van der Waals surface area contributed by atoms with E-state index >= 15 is 0 Å². The molecule has 0 aliphatic carbocycles. The molecule has 1 fully saturated rings. The molecule has 20 heavy (non-hydrogen) atoms. The molecule has 1 aliphatic rings. The molecule has 1 aromatic heterocycles. The van der Waals surface area contributed by atoms with E-state index in [-0.39, 0.29) is 5.91 Å². The molecule has 0 spiro atoms. The van der Waals surface area contributed by atoms with E-state index in [1.54, 1.807) is 30.1 Å². The first-order valence-electron chi connectivity index (χ1n) is 6.32. The second-order valence-electron chi connectivity index (χ2n) is 4.89. The van der Waals surface area contributed by atoms with Gasteiger partial charge in [-0.3, -0.25) is 4.79 Å². The highest BCUT2D eigenvalue weighted by atomic mass is 32.2. The van der Waals surface area contributed by atoms with Crippen LogP contribution in [0, 0.1) is 0 Å². The predicted molar refractivity (Wildman–Crippen MR) is 78.1 cm³/mol. The number of carbonyl (C=O) groups is 2. The minimum Gasteiger partial charge on any atom is -0.479 e. The van der Waals surface area contributed by atoms with Crippen LogP contribution in [0.4, 0.5) is 0 Å². The van der Waals surface area contributed by atoms with Gasteiger partial charge < -0.3 is 15.4 Å². The van der Waals surface area contributed by atoms with E-state index in [0.717, 1.165) is 16.7 Å². The number of hydrogen-bond donors (Lipinski definition) is 3. The Morgan fingerprint density at radius 3 is 2.90 bits per heavy atom. The number of H-pyrrole nitrogens is 1. The lowest BCUT2D eigenvalue weighted by Crippen LogP contribution is -2.54. The molecule has 6 heteroatoms. The molecule has 1 aromatic carbocycles. The fourth-order valence-electron chi connectivity index (χ4n) is 2.45. The quantitative estimate of drug-likeness (QED) is 0.806. The predicted octanol–water partition coefficient (Wildman–Crippen LogP) is 1.86. The van der Waals surface area contributed by atoms with Gasteiger partial charge in [0, 0.05) is 28.4 Å². The average Bonchev–Trinajstić information content (AvgIpc) is 3.06. The van der Waals surface area contributed by atoms with Gasteiger partial charge in [0.2, 0.25) is 0 Å². The van der Waals surface area contributed by atoms with Crippen molar-refractivity contribution in [3.63, 3.8) is 0 Å². The zero-order valence-electron chi connectivity index (χ0n) is 10.7. The Hall–Kier alpha value is -1.95. The standard InChI is InChI=1S/C14H14N2O3S/c17-12(16-14(13(18)19)5-7-20-8-14)10-2-1-3-11-9(10)4-6-15-11/h1-4,6,15H,5,7-8H2,(H,16,17)(H,18,19)/t14-/m1/s1. The first-order chi connectivity index (χ1) is 9.62. The van der Waals surface area contributed by atoms with E-state index in [2.05, 4.69) is 10.3 Å². The summed E-state index contributed by atoms with van der Waals surface area (Å²) >= 11 is 1.55. The van der Waals surface area contributed by atoms with Gasteiger partial charge in [0.1, 0.15) is 5.54 Å². The molecule has 1 atom stereocenters. The van der Waals surface area contributed by atoms with E-state index in [1.165, 1.54) is 0 Å². The Balaban J connectivity index is 1.93. The molecule has 1 aliphatic heterocycles. The maximum atomic E-state index is 12.4. The van der Waals surface area contributed by atoms with Crippen LogP contribution in [0.1, 0.15) is 16.8 Å². The lowest BCUT2D eigenvalue weighted by Gasteiger charge is -2.24. The van der Waals surface area contributed by atoms with Crippen molar-refractivity contribution in [1.82, 2.24) is 10.3 Å². The first-order valence-corrected chi connectivity index (χ1v) is 7.48. The number of aromatic nitrogens is 1. The van der Waals surface area contributed by atoms with Gasteiger partial charge in [0.25, 0.3) is 5.91 Å². The number of fused-ring (bicyclic) bond motifs is 1. The van der Waals surface area contributed by atoms with E-state index in [0.29, 0.717) is 17.7 Å². The van der Waals surface area contributed by atoms with Crippen molar-refractivity contribution in [2.45, 2.75) is 12.0 Å². The summed E-state index contributed by atoms with van der Waals surface area (Å²) in [6, 6.07) is 7.19. The number of amides is 1. The Morgan fingerprint density at radius 1 is 1.35 bits per heavy atom. The Kier molecular flexibility index (Phi) is 3.17. The molecule has 2 heterocycles. The topological polar surface area (TPSA) is 82.2 Å². The van der Waals surface area contributed by atoms with Crippen LogP contribution in [0.2, 0.25) is 0 Å². The number of aromatic amines is 1. The molecular weight excluding hydrogens is 276 g/mol. The summed E-state index contributed by atoms with van der Waals surface area (Å²) in [7, 11) is 0. The molecule has 2 aromatic rings. The van der Waals surface area contributed by atoms with Gasteiger partial charge in [-0.25, -0.2) is 4.79 Å². The summed E-state index contributed by atoms with van der Waals surface area (Å²) in [5.41, 5.74) is 0.226. The normalized spacial score (nSPS) is 22.0. The van der Waals surface area contributed by atoms with Crippen molar-refractivity contribution >= 4 is 34.5 Å². The summed E-state index contributed by atoms with van der Waals surface area (Å²) in [6.07, 6.45) is 2.22. The average molecular weight is 290 g/mol. The third-order valence-electron chi connectivity index (χ3n) is 3.62. The number of nitrogens with one attached hydrogen (secondary N) is 2. The van der Waals surface area contributed by atoms with Crippen molar-refractivity contribution in [1.29, 1.82) is 0 Å². The number of thioether (sulfide) groups is 1. The summed E-state index contributed by atoms with van der Waals surface area (Å²) in [5.74, 6) is -0.129. The second kappa shape index (κ2) is 4.86. The molecule has 0 radical (unpaired) electrons. The van der Waals surface area contributed by atoms with Crippen molar-refractivity contribution in [2.24, 2.45) is 0 Å².